The first-order chi connectivity index (χ1) is 6.58. The van der Waals surface area contributed by atoms with Gasteiger partial charge in [0.05, 0.1) is 12.4 Å². The topological polar surface area (TPSA) is 119 Å². The van der Waals surface area contributed by atoms with Crippen molar-refractivity contribution in [1.29, 1.82) is 0 Å². The molecule has 0 amide bonds. The molecule has 0 atom stereocenters. The molecule has 2 N–H and O–H groups in total. The van der Waals surface area contributed by atoms with Gasteiger partial charge >= 0.3 is 12.3 Å². The van der Waals surface area contributed by atoms with Crippen LogP contribution in [0.1, 0.15) is 0 Å². The Morgan fingerprint density at radius 2 is 1.36 bits per heavy atom. The molecule has 0 saturated heterocycles. The maximum atomic E-state index is 10.0. The van der Waals surface area contributed by atoms with E-state index in [0.717, 1.165) is 12.4 Å². The lowest BCUT2D eigenvalue weighted by molar-refractivity contribution is 0.138. The van der Waals surface area contributed by atoms with Crippen LogP contribution in [0.25, 0.3) is 0 Å². The van der Waals surface area contributed by atoms with Gasteiger partial charge in [-0.1, -0.05) is 0 Å². The molecule has 0 aliphatic rings. The number of hydrogen-bond acceptors (Lipinski definition) is 6. The van der Waals surface area contributed by atoms with Crippen LogP contribution in [0.4, 0.5) is 9.59 Å². The maximum Gasteiger partial charge on any atom is 0.512 e. The number of ether oxygens (including phenoxy) is 2. The van der Waals surface area contributed by atoms with Crippen molar-refractivity contribution in [3.8, 4) is 11.8 Å². The second-order valence-corrected chi connectivity index (χ2v) is 1.93. The molecule has 0 aliphatic heterocycles. The van der Waals surface area contributed by atoms with E-state index in [2.05, 4.69) is 19.4 Å². The zero-order valence-corrected chi connectivity index (χ0v) is 6.58. The Morgan fingerprint density at radius 1 is 1.00 bits per heavy atom. The molecule has 1 aromatic rings. The Bertz CT molecular complexity index is 313. The van der Waals surface area contributed by atoms with Gasteiger partial charge in [-0.3, -0.25) is 0 Å². The van der Waals surface area contributed by atoms with Crippen molar-refractivity contribution in [2.24, 2.45) is 0 Å². The van der Waals surface area contributed by atoms with Gasteiger partial charge < -0.3 is 19.7 Å². The molecule has 0 fully saturated rings. The summed E-state index contributed by atoms with van der Waals surface area (Å²) < 4.78 is 8.23. The lowest BCUT2D eigenvalue weighted by atomic mass is 10.7. The van der Waals surface area contributed by atoms with Gasteiger partial charge in [-0.25, -0.2) is 19.6 Å². The largest absolute Gasteiger partial charge is 0.512 e. The summed E-state index contributed by atoms with van der Waals surface area (Å²) in [6.45, 7) is 0. The Kier molecular flexibility index (Phi) is 2.79. The summed E-state index contributed by atoms with van der Waals surface area (Å²) in [6, 6.07) is 0. The van der Waals surface area contributed by atoms with Crippen LogP contribution in [0.15, 0.2) is 12.4 Å². The Hall–Kier alpha value is -2.38. The normalized spacial score (nSPS) is 9.14. The summed E-state index contributed by atoms with van der Waals surface area (Å²) in [5, 5.41) is 16.3. The van der Waals surface area contributed by atoms with E-state index in [1.807, 2.05) is 0 Å². The van der Waals surface area contributed by atoms with E-state index in [9.17, 15) is 9.59 Å². The van der Waals surface area contributed by atoms with Gasteiger partial charge in [-0.15, -0.1) is 0 Å². The van der Waals surface area contributed by atoms with Crippen LogP contribution in [-0.4, -0.2) is 32.5 Å². The predicted molar refractivity (Wildman–Crippen MR) is 39.3 cm³/mol. The van der Waals surface area contributed by atoms with Crippen LogP contribution >= 0.6 is 0 Å². The van der Waals surface area contributed by atoms with Crippen molar-refractivity contribution in [1.82, 2.24) is 9.97 Å². The third-order valence-electron chi connectivity index (χ3n) is 0.988. The molecule has 8 nitrogen and oxygen atoms in total. The van der Waals surface area contributed by atoms with E-state index in [4.69, 9.17) is 10.2 Å². The standard InChI is InChI=1S/C6H4N2O6/c9-5(10)13-3-1-7-4(2-8-3)14-6(11)12/h1-2H,(H,9,10)(H,11,12). The SMILES string of the molecule is O=C(O)Oc1cnc(OC(=O)O)cn1. The number of nitrogens with zero attached hydrogens (tertiary/aromatic N) is 2. The molecule has 0 bridgehead atoms. The lowest BCUT2D eigenvalue weighted by Crippen LogP contribution is -2.07. The molecule has 8 heteroatoms. The number of carboxylic acid groups (broad SMARTS) is 2. The first-order valence-electron chi connectivity index (χ1n) is 3.21. The number of hydrogen-bond donors (Lipinski definition) is 2. The first-order valence-corrected chi connectivity index (χ1v) is 3.21. The van der Waals surface area contributed by atoms with Crippen LogP contribution in [0.2, 0.25) is 0 Å². The average molecular weight is 200 g/mol. The molecular formula is C6H4N2O6. The molecule has 1 aromatic heterocycles. The van der Waals surface area contributed by atoms with Crippen molar-refractivity contribution in [2.45, 2.75) is 0 Å². The van der Waals surface area contributed by atoms with Gasteiger partial charge in [-0.2, -0.15) is 0 Å². The van der Waals surface area contributed by atoms with Crippen molar-refractivity contribution in [2.75, 3.05) is 0 Å². The fourth-order valence-electron chi connectivity index (χ4n) is 0.589. The highest BCUT2D eigenvalue weighted by atomic mass is 16.7. The molecule has 14 heavy (non-hydrogen) atoms. The Morgan fingerprint density at radius 3 is 1.57 bits per heavy atom. The molecule has 74 valence electrons. The summed E-state index contributed by atoms with van der Waals surface area (Å²) in [4.78, 5) is 26.9. The van der Waals surface area contributed by atoms with Crippen molar-refractivity contribution < 1.29 is 29.3 Å². The highest BCUT2D eigenvalue weighted by Gasteiger charge is 2.05. The van der Waals surface area contributed by atoms with Crippen molar-refractivity contribution >= 4 is 12.3 Å². The maximum absolute atomic E-state index is 10.0. The van der Waals surface area contributed by atoms with Crippen molar-refractivity contribution in [3.63, 3.8) is 0 Å². The zero-order chi connectivity index (χ0) is 10.6. The molecule has 0 radical (unpaired) electrons. The molecule has 0 aliphatic carbocycles. The molecule has 1 heterocycles. The van der Waals surface area contributed by atoms with Gasteiger partial charge in [0.15, 0.2) is 0 Å². The lowest BCUT2D eigenvalue weighted by Gasteiger charge is -1.99. The van der Waals surface area contributed by atoms with Crippen LogP contribution in [-0.2, 0) is 0 Å². The van der Waals surface area contributed by atoms with Gasteiger partial charge in [0.25, 0.3) is 0 Å². The average Bonchev–Trinajstić information content (AvgIpc) is 2.06. The third kappa shape index (κ3) is 2.93. The molecule has 1 rings (SSSR count). The van der Waals surface area contributed by atoms with E-state index in [1.54, 1.807) is 0 Å². The Labute approximate surface area is 76.7 Å². The highest BCUT2D eigenvalue weighted by Crippen LogP contribution is 2.09. The predicted octanol–water partition coefficient (Wildman–Crippen LogP) is 0.590. The van der Waals surface area contributed by atoms with E-state index in [1.165, 1.54) is 0 Å². The van der Waals surface area contributed by atoms with E-state index < -0.39 is 12.3 Å². The number of carbonyl (C=O) groups is 2. The zero-order valence-electron chi connectivity index (χ0n) is 6.58. The summed E-state index contributed by atoms with van der Waals surface area (Å²) in [6.07, 6.45) is -1.23. The molecule has 0 saturated carbocycles. The van der Waals surface area contributed by atoms with Crippen molar-refractivity contribution in [3.05, 3.63) is 12.4 Å². The molecule has 0 aromatic carbocycles. The minimum atomic E-state index is -1.54. The van der Waals surface area contributed by atoms with Crippen LogP contribution in [0.5, 0.6) is 11.8 Å². The molecule has 0 unspecified atom stereocenters. The second kappa shape index (κ2) is 4.03. The smallest absolute Gasteiger partial charge is 0.449 e. The van der Waals surface area contributed by atoms with E-state index in [-0.39, 0.29) is 11.8 Å². The molecular weight excluding hydrogens is 196 g/mol. The summed E-state index contributed by atoms with van der Waals surface area (Å²) in [5.74, 6) is -0.537. The number of rotatable bonds is 2. The molecule has 0 spiro atoms. The number of aromatic nitrogens is 2. The third-order valence-corrected chi connectivity index (χ3v) is 0.988. The monoisotopic (exact) mass is 200 g/mol. The van der Waals surface area contributed by atoms with Crippen LogP contribution < -0.4 is 9.47 Å². The van der Waals surface area contributed by atoms with Gasteiger partial charge in [0.1, 0.15) is 0 Å². The fourth-order valence-corrected chi connectivity index (χ4v) is 0.589. The van der Waals surface area contributed by atoms with Gasteiger partial charge in [-0.05, 0) is 0 Å². The quantitative estimate of drug-likeness (QED) is 0.665. The van der Waals surface area contributed by atoms with Gasteiger partial charge in [0, 0.05) is 0 Å². The Balaban J connectivity index is 2.68. The van der Waals surface area contributed by atoms with E-state index in [0.29, 0.717) is 0 Å². The van der Waals surface area contributed by atoms with E-state index >= 15 is 0 Å². The van der Waals surface area contributed by atoms with Crippen LogP contribution in [0.3, 0.4) is 0 Å². The minimum Gasteiger partial charge on any atom is -0.449 e. The second-order valence-electron chi connectivity index (χ2n) is 1.93. The van der Waals surface area contributed by atoms with Gasteiger partial charge in [0.2, 0.25) is 11.8 Å². The fraction of sp³-hybridized carbons (Fsp3) is 0. The van der Waals surface area contributed by atoms with Crippen LogP contribution in [0, 0.1) is 0 Å². The first kappa shape index (κ1) is 9.71. The summed E-state index contributed by atoms with van der Waals surface area (Å²) in [7, 11) is 0. The summed E-state index contributed by atoms with van der Waals surface area (Å²) in [5.41, 5.74) is 0. The highest BCUT2D eigenvalue weighted by molar-refractivity contribution is 5.61. The minimum absolute atomic E-state index is 0.268. The summed E-state index contributed by atoms with van der Waals surface area (Å²) >= 11 is 0.